The van der Waals surface area contributed by atoms with Crippen LogP contribution >= 0.6 is 0 Å². The van der Waals surface area contributed by atoms with Crippen LogP contribution in [0.3, 0.4) is 0 Å². The number of anilines is 1. The summed E-state index contributed by atoms with van der Waals surface area (Å²) < 4.78 is 28.1. The fourth-order valence-corrected chi connectivity index (χ4v) is 4.92. The summed E-state index contributed by atoms with van der Waals surface area (Å²) in [6.45, 7) is 2.09. The fourth-order valence-electron chi connectivity index (χ4n) is 3.89. The topological polar surface area (TPSA) is 75.2 Å². The van der Waals surface area contributed by atoms with Crippen molar-refractivity contribution in [2.24, 2.45) is 0 Å². The normalized spacial score (nSPS) is 17.6. The zero-order chi connectivity index (χ0) is 18.7. The second-order valence-corrected chi connectivity index (χ2v) is 9.11. The van der Waals surface area contributed by atoms with Crippen molar-refractivity contribution < 1.29 is 8.42 Å². The molecule has 1 aliphatic carbocycles. The Balaban J connectivity index is 1.46. The molecule has 1 aromatic carbocycles. The Kier molecular flexibility index (Phi) is 5.41. The first-order valence-corrected chi connectivity index (χ1v) is 11.3. The van der Waals surface area contributed by atoms with Crippen molar-refractivity contribution >= 4 is 15.8 Å². The van der Waals surface area contributed by atoms with Crippen molar-refractivity contribution in [2.75, 3.05) is 18.0 Å². The number of fused-ring (bicyclic) bond motifs is 1. The van der Waals surface area contributed by atoms with Gasteiger partial charge >= 0.3 is 0 Å². The molecule has 4 rings (SSSR count). The third kappa shape index (κ3) is 4.30. The molecule has 27 heavy (non-hydrogen) atoms. The van der Waals surface area contributed by atoms with E-state index in [1.807, 2.05) is 18.2 Å². The molecule has 1 aromatic heterocycles. The molecule has 0 unspecified atom stereocenters. The van der Waals surface area contributed by atoms with Crippen LogP contribution in [0, 0.1) is 0 Å². The molecule has 0 radical (unpaired) electrons. The number of sulfonamides is 1. The van der Waals surface area contributed by atoms with Gasteiger partial charge in [-0.2, -0.15) is 0 Å². The lowest BCUT2D eigenvalue weighted by Gasteiger charge is -2.27. The zero-order valence-corrected chi connectivity index (χ0v) is 16.3. The number of benzene rings is 1. The second kappa shape index (κ2) is 7.94. The Bertz CT molecular complexity index is 908. The highest BCUT2D eigenvalue weighted by molar-refractivity contribution is 7.89. The van der Waals surface area contributed by atoms with E-state index in [0.717, 1.165) is 43.7 Å². The summed E-state index contributed by atoms with van der Waals surface area (Å²) >= 11 is 0. The minimum atomic E-state index is -3.57. The minimum Gasteiger partial charge on any atom is -0.357 e. The Morgan fingerprint density at radius 1 is 0.963 bits per heavy atom. The van der Waals surface area contributed by atoms with Crippen LogP contribution in [0.4, 0.5) is 5.82 Å². The Morgan fingerprint density at radius 3 is 2.56 bits per heavy atom. The molecular formula is C20H26N4O2S. The molecule has 0 saturated carbocycles. The molecule has 0 amide bonds. The molecule has 6 nitrogen and oxygen atoms in total. The molecule has 2 aromatic rings. The molecule has 144 valence electrons. The summed E-state index contributed by atoms with van der Waals surface area (Å²) in [6, 6.07) is 7.38. The molecule has 1 fully saturated rings. The van der Waals surface area contributed by atoms with E-state index in [2.05, 4.69) is 19.6 Å². The lowest BCUT2D eigenvalue weighted by molar-refractivity contribution is 0.569. The van der Waals surface area contributed by atoms with Crippen LogP contribution in [0.5, 0.6) is 0 Å². The highest BCUT2D eigenvalue weighted by Gasteiger charge is 2.18. The van der Waals surface area contributed by atoms with Crippen LogP contribution in [0.15, 0.2) is 35.4 Å². The molecule has 1 aliphatic heterocycles. The summed E-state index contributed by atoms with van der Waals surface area (Å²) in [4.78, 5) is 11.4. The van der Waals surface area contributed by atoms with Gasteiger partial charge < -0.3 is 4.90 Å². The van der Waals surface area contributed by atoms with Gasteiger partial charge in [0.2, 0.25) is 10.0 Å². The Morgan fingerprint density at radius 2 is 1.74 bits per heavy atom. The molecule has 1 saturated heterocycles. The third-order valence-corrected chi connectivity index (χ3v) is 6.82. The summed E-state index contributed by atoms with van der Waals surface area (Å²) in [6.07, 6.45) is 9.62. The Labute approximate surface area is 161 Å². The van der Waals surface area contributed by atoms with Crippen LogP contribution in [-0.4, -0.2) is 31.5 Å². The van der Waals surface area contributed by atoms with Gasteiger partial charge in [0.15, 0.2) is 0 Å². The number of aryl methyl sites for hydroxylation is 2. The number of nitrogens with one attached hydrogen (secondary N) is 1. The first-order valence-electron chi connectivity index (χ1n) is 9.80. The zero-order valence-electron chi connectivity index (χ0n) is 15.5. The minimum absolute atomic E-state index is 0.0983. The van der Waals surface area contributed by atoms with Crippen molar-refractivity contribution in [1.82, 2.24) is 14.7 Å². The molecule has 0 bridgehead atoms. The summed E-state index contributed by atoms with van der Waals surface area (Å²) in [5, 5.41) is 0. The second-order valence-electron chi connectivity index (χ2n) is 7.34. The van der Waals surface area contributed by atoms with E-state index in [9.17, 15) is 8.42 Å². The van der Waals surface area contributed by atoms with Gasteiger partial charge in [-0.3, -0.25) is 0 Å². The number of rotatable bonds is 5. The van der Waals surface area contributed by atoms with Gasteiger partial charge in [-0.25, -0.2) is 23.1 Å². The average molecular weight is 387 g/mol. The van der Waals surface area contributed by atoms with Crippen LogP contribution in [0.2, 0.25) is 0 Å². The number of hydrogen-bond donors (Lipinski definition) is 1. The van der Waals surface area contributed by atoms with E-state index < -0.39 is 10.0 Å². The molecule has 2 aliphatic rings. The van der Waals surface area contributed by atoms with Crippen LogP contribution < -0.4 is 9.62 Å². The number of nitrogens with zero attached hydrogens (tertiary/aromatic N) is 3. The largest absolute Gasteiger partial charge is 0.357 e. The van der Waals surface area contributed by atoms with E-state index in [1.165, 1.54) is 31.2 Å². The summed E-state index contributed by atoms with van der Waals surface area (Å²) in [7, 11) is -3.57. The lowest BCUT2D eigenvalue weighted by Crippen LogP contribution is -2.31. The lowest BCUT2D eigenvalue weighted by atomic mass is 9.92. The van der Waals surface area contributed by atoms with Crippen molar-refractivity contribution in [3.05, 3.63) is 47.4 Å². The number of aromatic nitrogens is 2. The van der Waals surface area contributed by atoms with Crippen LogP contribution in [-0.2, 0) is 29.4 Å². The monoisotopic (exact) mass is 386 g/mol. The van der Waals surface area contributed by atoms with Gasteiger partial charge in [0.05, 0.1) is 11.4 Å². The number of piperidine rings is 1. The van der Waals surface area contributed by atoms with E-state index >= 15 is 0 Å². The highest BCUT2D eigenvalue weighted by atomic mass is 32.2. The van der Waals surface area contributed by atoms with Crippen molar-refractivity contribution in [3.8, 4) is 0 Å². The van der Waals surface area contributed by atoms with Crippen molar-refractivity contribution in [1.29, 1.82) is 0 Å². The predicted molar refractivity (Wildman–Crippen MR) is 105 cm³/mol. The molecule has 7 heteroatoms. The van der Waals surface area contributed by atoms with Crippen LogP contribution in [0.1, 0.15) is 49.1 Å². The summed E-state index contributed by atoms with van der Waals surface area (Å²) in [5.41, 5.74) is 2.44. The smallest absolute Gasteiger partial charge is 0.240 e. The number of hydrogen-bond acceptors (Lipinski definition) is 5. The summed E-state index contributed by atoms with van der Waals surface area (Å²) in [5.74, 6) is 1.38. The SMILES string of the molecule is O=S(=O)(NCc1nccc(N2CCCCC2)n1)c1ccc2c(c1)CCCC2. The van der Waals surface area contributed by atoms with Crippen molar-refractivity contribution in [3.63, 3.8) is 0 Å². The maximum atomic E-state index is 12.7. The van der Waals surface area contributed by atoms with Gasteiger partial charge in [-0.05, 0) is 74.3 Å². The molecular weight excluding hydrogens is 360 g/mol. The average Bonchev–Trinajstić information content (AvgIpc) is 2.73. The maximum Gasteiger partial charge on any atom is 0.240 e. The van der Waals surface area contributed by atoms with Gasteiger partial charge in [0, 0.05) is 19.3 Å². The maximum absolute atomic E-state index is 12.7. The third-order valence-electron chi connectivity index (χ3n) is 5.42. The Hall–Kier alpha value is -1.99. The van der Waals surface area contributed by atoms with Gasteiger partial charge in [-0.1, -0.05) is 6.07 Å². The first-order chi connectivity index (χ1) is 13.1. The standard InChI is InChI=1S/C20H26N4O2S/c25-27(26,18-9-8-16-6-2-3-7-17(16)14-18)22-15-19-21-11-10-20(23-19)24-12-4-1-5-13-24/h8-11,14,22H,1-7,12-13,15H2. The van der Waals surface area contributed by atoms with Crippen LogP contribution in [0.25, 0.3) is 0 Å². The highest BCUT2D eigenvalue weighted by Crippen LogP contribution is 2.24. The predicted octanol–water partition coefficient (Wildman–Crippen LogP) is 2.82. The quantitative estimate of drug-likeness (QED) is 0.855. The van der Waals surface area contributed by atoms with E-state index in [-0.39, 0.29) is 6.54 Å². The van der Waals surface area contributed by atoms with Gasteiger partial charge in [-0.15, -0.1) is 0 Å². The molecule has 0 spiro atoms. The van der Waals surface area contributed by atoms with E-state index in [4.69, 9.17) is 0 Å². The molecule has 0 atom stereocenters. The molecule has 2 heterocycles. The van der Waals surface area contributed by atoms with Gasteiger partial charge in [0.1, 0.15) is 11.6 Å². The van der Waals surface area contributed by atoms with Gasteiger partial charge in [0.25, 0.3) is 0 Å². The van der Waals surface area contributed by atoms with E-state index in [1.54, 1.807) is 12.3 Å². The fraction of sp³-hybridized carbons (Fsp3) is 0.500. The van der Waals surface area contributed by atoms with E-state index in [0.29, 0.717) is 10.7 Å². The first kappa shape index (κ1) is 18.4. The van der Waals surface area contributed by atoms with Crippen molar-refractivity contribution in [2.45, 2.75) is 56.4 Å². The molecule has 1 N–H and O–H groups in total.